The minimum atomic E-state index is 0.0615. The molecular weight excluding hydrogens is 276 g/mol. The molecule has 118 valence electrons. The fourth-order valence-corrected chi connectivity index (χ4v) is 2.59. The molecule has 0 amide bonds. The number of pyridine rings is 1. The number of nitrogens with zero attached hydrogens (tertiary/aromatic N) is 1. The Kier molecular flexibility index (Phi) is 5.39. The Morgan fingerprint density at radius 2 is 1.91 bits per heavy atom. The topological polar surface area (TPSA) is 43.3 Å². The van der Waals surface area contributed by atoms with Crippen molar-refractivity contribution in [1.82, 2.24) is 9.88 Å². The highest BCUT2D eigenvalue weighted by molar-refractivity contribution is 5.67. The van der Waals surface area contributed by atoms with E-state index < -0.39 is 0 Å². The van der Waals surface area contributed by atoms with Crippen molar-refractivity contribution in [2.24, 2.45) is 5.92 Å². The van der Waals surface area contributed by atoms with Crippen LogP contribution in [0.4, 0.5) is 0 Å². The first kappa shape index (κ1) is 16.3. The summed E-state index contributed by atoms with van der Waals surface area (Å²) in [6.45, 7) is 5.49. The summed E-state index contributed by atoms with van der Waals surface area (Å²) in [5, 5.41) is 3.05. The molecule has 0 radical (unpaired) electrons. The Balaban J connectivity index is 2.64. The second-order valence-electron chi connectivity index (χ2n) is 5.78. The standard InChI is InChI=1S/C18H24N2O2/c1-13(2)12-20-16(10-9-14(11-19-3)18(20)21)15-7-5-6-8-17(15)22-4/h5-10,13,19H,11-12H2,1-4H3. The maximum absolute atomic E-state index is 12.8. The maximum atomic E-state index is 12.8. The summed E-state index contributed by atoms with van der Waals surface area (Å²) in [6, 6.07) is 11.7. The zero-order valence-corrected chi connectivity index (χ0v) is 13.7. The first-order valence-corrected chi connectivity index (χ1v) is 7.59. The Morgan fingerprint density at radius 1 is 1.18 bits per heavy atom. The SMILES string of the molecule is CNCc1ccc(-c2ccccc2OC)n(CC(C)C)c1=O. The number of nitrogens with one attached hydrogen (secondary N) is 1. The van der Waals surface area contributed by atoms with E-state index in [1.807, 2.05) is 48.0 Å². The van der Waals surface area contributed by atoms with E-state index in [1.165, 1.54) is 0 Å². The van der Waals surface area contributed by atoms with Gasteiger partial charge in [0.1, 0.15) is 5.75 Å². The van der Waals surface area contributed by atoms with Gasteiger partial charge in [-0.1, -0.05) is 32.0 Å². The van der Waals surface area contributed by atoms with E-state index in [1.54, 1.807) is 7.11 Å². The first-order chi connectivity index (χ1) is 10.6. The molecule has 0 saturated heterocycles. The Hall–Kier alpha value is -2.07. The molecule has 1 aromatic heterocycles. The third kappa shape index (κ3) is 3.39. The Bertz CT molecular complexity index is 690. The van der Waals surface area contributed by atoms with E-state index in [4.69, 9.17) is 4.74 Å². The molecule has 0 saturated carbocycles. The average molecular weight is 300 g/mol. The molecule has 4 heteroatoms. The van der Waals surface area contributed by atoms with Crippen LogP contribution in [0.1, 0.15) is 19.4 Å². The second kappa shape index (κ2) is 7.27. The van der Waals surface area contributed by atoms with Crippen LogP contribution in [-0.2, 0) is 13.1 Å². The van der Waals surface area contributed by atoms with Gasteiger partial charge in [0.15, 0.2) is 0 Å². The van der Waals surface area contributed by atoms with Gasteiger partial charge in [0, 0.05) is 24.2 Å². The van der Waals surface area contributed by atoms with Crippen molar-refractivity contribution in [1.29, 1.82) is 0 Å². The van der Waals surface area contributed by atoms with E-state index in [-0.39, 0.29) is 5.56 Å². The molecule has 0 fully saturated rings. The van der Waals surface area contributed by atoms with Crippen LogP contribution >= 0.6 is 0 Å². The van der Waals surface area contributed by atoms with Crippen molar-refractivity contribution in [2.45, 2.75) is 26.9 Å². The largest absolute Gasteiger partial charge is 0.496 e. The molecule has 0 atom stereocenters. The molecule has 0 bridgehead atoms. The first-order valence-electron chi connectivity index (χ1n) is 7.59. The zero-order chi connectivity index (χ0) is 16.1. The van der Waals surface area contributed by atoms with Gasteiger partial charge in [-0.15, -0.1) is 0 Å². The van der Waals surface area contributed by atoms with E-state index in [2.05, 4.69) is 19.2 Å². The van der Waals surface area contributed by atoms with Crippen LogP contribution in [0.5, 0.6) is 5.75 Å². The summed E-state index contributed by atoms with van der Waals surface area (Å²) < 4.78 is 7.31. The van der Waals surface area contributed by atoms with E-state index in [0.29, 0.717) is 19.0 Å². The van der Waals surface area contributed by atoms with Crippen LogP contribution in [0.3, 0.4) is 0 Å². The van der Waals surface area contributed by atoms with Crippen LogP contribution in [0.25, 0.3) is 11.3 Å². The fourth-order valence-electron chi connectivity index (χ4n) is 2.59. The summed E-state index contributed by atoms with van der Waals surface area (Å²) >= 11 is 0. The highest BCUT2D eigenvalue weighted by Crippen LogP contribution is 2.29. The lowest BCUT2D eigenvalue weighted by molar-refractivity contribution is 0.415. The lowest BCUT2D eigenvalue weighted by Crippen LogP contribution is -2.28. The molecule has 0 spiro atoms. The molecular formula is C18H24N2O2. The maximum Gasteiger partial charge on any atom is 0.255 e. The molecule has 1 aromatic carbocycles. The van der Waals surface area contributed by atoms with Gasteiger partial charge < -0.3 is 14.6 Å². The van der Waals surface area contributed by atoms with Crippen molar-refractivity contribution < 1.29 is 4.74 Å². The molecule has 4 nitrogen and oxygen atoms in total. The van der Waals surface area contributed by atoms with Crippen LogP contribution in [-0.4, -0.2) is 18.7 Å². The summed E-state index contributed by atoms with van der Waals surface area (Å²) in [5.41, 5.74) is 2.68. The summed E-state index contributed by atoms with van der Waals surface area (Å²) in [7, 11) is 3.50. The molecule has 22 heavy (non-hydrogen) atoms. The third-order valence-corrected chi connectivity index (χ3v) is 3.55. The highest BCUT2D eigenvalue weighted by atomic mass is 16.5. The van der Waals surface area contributed by atoms with Crippen molar-refractivity contribution in [3.8, 4) is 17.0 Å². The summed E-state index contributed by atoms with van der Waals surface area (Å²) in [5.74, 6) is 1.16. The van der Waals surface area contributed by atoms with Gasteiger partial charge in [-0.05, 0) is 31.2 Å². The van der Waals surface area contributed by atoms with Gasteiger partial charge in [0.25, 0.3) is 5.56 Å². The van der Waals surface area contributed by atoms with Crippen LogP contribution < -0.4 is 15.6 Å². The van der Waals surface area contributed by atoms with Crippen molar-refractivity contribution in [2.75, 3.05) is 14.2 Å². The predicted octanol–water partition coefficient (Wildman–Crippen LogP) is 2.90. The number of aromatic nitrogens is 1. The normalized spacial score (nSPS) is 11.0. The highest BCUT2D eigenvalue weighted by Gasteiger charge is 2.14. The lowest BCUT2D eigenvalue weighted by Gasteiger charge is -2.18. The number of methoxy groups -OCH3 is 1. The van der Waals surface area contributed by atoms with E-state index >= 15 is 0 Å². The number of ether oxygens (including phenoxy) is 1. The Labute approximate surface area is 131 Å². The predicted molar refractivity (Wildman–Crippen MR) is 90.3 cm³/mol. The molecule has 0 aliphatic heterocycles. The number of para-hydroxylation sites is 1. The number of hydrogen-bond acceptors (Lipinski definition) is 3. The van der Waals surface area contributed by atoms with Gasteiger partial charge in [-0.2, -0.15) is 0 Å². The van der Waals surface area contributed by atoms with Gasteiger partial charge in [-0.3, -0.25) is 4.79 Å². The molecule has 2 rings (SSSR count). The molecule has 0 aliphatic carbocycles. The quantitative estimate of drug-likeness (QED) is 0.892. The van der Waals surface area contributed by atoms with Crippen LogP contribution in [0, 0.1) is 5.92 Å². The molecule has 2 aromatic rings. The lowest BCUT2D eigenvalue weighted by atomic mass is 10.1. The van der Waals surface area contributed by atoms with E-state index in [9.17, 15) is 4.79 Å². The second-order valence-corrected chi connectivity index (χ2v) is 5.78. The van der Waals surface area contributed by atoms with Crippen LogP contribution in [0.15, 0.2) is 41.2 Å². The van der Waals surface area contributed by atoms with Crippen LogP contribution in [0.2, 0.25) is 0 Å². The third-order valence-electron chi connectivity index (χ3n) is 3.55. The molecule has 1 heterocycles. The molecule has 0 unspecified atom stereocenters. The van der Waals surface area contributed by atoms with Gasteiger partial charge in [0.2, 0.25) is 0 Å². The fraction of sp³-hybridized carbons (Fsp3) is 0.389. The number of benzene rings is 1. The summed E-state index contributed by atoms with van der Waals surface area (Å²) in [4.78, 5) is 12.8. The number of hydrogen-bond donors (Lipinski definition) is 1. The van der Waals surface area contributed by atoms with E-state index in [0.717, 1.165) is 22.6 Å². The van der Waals surface area contributed by atoms with Crippen molar-refractivity contribution in [3.05, 3.63) is 52.3 Å². The number of rotatable bonds is 6. The van der Waals surface area contributed by atoms with Gasteiger partial charge in [-0.25, -0.2) is 0 Å². The van der Waals surface area contributed by atoms with Crippen molar-refractivity contribution in [3.63, 3.8) is 0 Å². The minimum absolute atomic E-state index is 0.0615. The van der Waals surface area contributed by atoms with Gasteiger partial charge in [0.05, 0.1) is 12.8 Å². The average Bonchev–Trinajstić information content (AvgIpc) is 2.51. The zero-order valence-electron chi connectivity index (χ0n) is 13.7. The van der Waals surface area contributed by atoms with Crippen molar-refractivity contribution >= 4 is 0 Å². The minimum Gasteiger partial charge on any atom is -0.496 e. The smallest absolute Gasteiger partial charge is 0.255 e. The monoisotopic (exact) mass is 300 g/mol. The Morgan fingerprint density at radius 3 is 2.55 bits per heavy atom. The molecule has 1 N–H and O–H groups in total. The summed E-state index contributed by atoms with van der Waals surface area (Å²) in [6.07, 6.45) is 0. The van der Waals surface area contributed by atoms with Gasteiger partial charge >= 0.3 is 0 Å². The molecule has 0 aliphatic rings.